The molecule has 1 aromatic heterocycles. The van der Waals surface area contributed by atoms with E-state index < -0.39 is 0 Å². The molecule has 1 aromatic rings. The van der Waals surface area contributed by atoms with E-state index in [0.717, 1.165) is 25.4 Å². The van der Waals surface area contributed by atoms with Crippen molar-refractivity contribution in [3.8, 4) is 0 Å². The van der Waals surface area contributed by atoms with E-state index >= 15 is 0 Å². The van der Waals surface area contributed by atoms with Gasteiger partial charge in [0.2, 0.25) is 0 Å². The number of rotatable bonds is 5. The normalized spacial score (nSPS) is 22.4. The van der Waals surface area contributed by atoms with Gasteiger partial charge in [-0.25, -0.2) is 0 Å². The first kappa shape index (κ1) is 11.6. The van der Waals surface area contributed by atoms with Crippen LogP contribution in [-0.4, -0.2) is 42.3 Å². The molecule has 0 spiro atoms. The second-order valence-corrected chi connectivity index (χ2v) is 4.33. The summed E-state index contributed by atoms with van der Waals surface area (Å²) in [6, 6.07) is 4.46. The van der Waals surface area contributed by atoms with Crippen molar-refractivity contribution in [2.24, 2.45) is 0 Å². The predicted octanol–water partition coefficient (Wildman–Crippen LogP) is 0.826. The summed E-state index contributed by atoms with van der Waals surface area (Å²) in [4.78, 5) is 2.40. The van der Waals surface area contributed by atoms with Gasteiger partial charge in [-0.1, -0.05) is 0 Å². The zero-order valence-electron chi connectivity index (χ0n) is 9.56. The summed E-state index contributed by atoms with van der Waals surface area (Å²) >= 11 is 0. The van der Waals surface area contributed by atoms with Crippen LogP contribution in [0.3, 0.4) is 0 Å². The minimum Gasteiger partial charge on any atom is -0.468 e. The van der Waals surface area contributed by atoms with Gasteiger partial charge in [0.1, 0.15) is 5.76 Å². The molecular weight excluding hydrogens is 204 g/mol. The number of furan rings is 1. The lowest BCUT2D eigenvalue weighted by molar-refractivity contribution is 0.166. The first-order valence-electron chi connectivity index (χ1n) is 5.97. The van der Waals surface area contributed by atoms with Gasteiger partial charge in [-0.05, 0) is 31.5 Å². The maximum atomic E-state index is 8.78. The fourth-order valence-corrected chi connectivity index (χ4v) is 2.26. The van der Waals surface area contributed by atoms with Crippen LogP contribution < -0.4 is 5.32 Å². The Morgan fingerprint density at radius 3 is 3.25 bits per heavy atom. The molecule has 90 valence electrons. The van der Waals surface area contributed by atoms with Gasteiger partial charge in [0.15, 0.2) is 0 Å². The van der Waals surface area contributed by atoms with Crippen LogP contribution in [-0.2, 0) is 6.54 Å². The molecule has 1 saturated heterocycles. The zero-order chi connectivity index (χ0) is 11.2. The van der Waals surface area contributed by atoms with Gasteiger partial charge < -0.3 is 14.8 Å². The van der Waals surface area contributed by atoms with E-state index in [1.807, 2.05) is 12.1 Å². The highest BCUT2D eigenvalue weighted by atomic mass is 16.3. The van der Waals surface area contributed by atoms with Gasteiger partial charge in [0, 0.05) is 19.1 Å². The van der Waals surface area contributed by atoms with Crippen LogP contribution in [0.2, 0.25) is 0 Å². The standard InChI is InChI=1S/C12H20N2O2/c15-7-5-13-11-3-1-6-14(9-11)10-12-4-2-8-16-12/h2,4,8,11,13,15H,1,3,5-7,9-10H2. The van der Waals surface area contributed by atoms with Crippen LogP contribution >= 0.6 is 0 Å². The molecule has 0 radical (unpaired) electrons. The van der Waals surface area contributed by atoms with Crippen LogP contribution in [0.4, 0.5) is 0 Å². The molecule has 4 heteroatoms. The van der Waals surface area contributed by atoms with Gasteiger partial charge in [-0.15, -0.1) is 0 Å². The largest absolute Gasteiger partial charge is 0.468 e. The van der Waals surface area contributed by atoms with Gasteiger partial charge in [-0.2, -0.15) is 0 Å². The molecule has 16 heavy (non-hydrogen) atoms. The molecule has 1 aliphatic heterocycles. The van der Waals surface area contributed by atoms with Gasteiger partial charge >= 0.3 is 0 Å². The fraction of sp³-hybridized carbons (Fsp3) is 0.667. The topological polar surface area (TPSA) is 48.6 Å². The second kappa shape index (κ2) is 6.03. The number of hydrogen-bond donors (Lipinski definition) is 2. The summed E-state index contributed by atoms with van der Waals surface area (Å²) in [5.74, 6) is 1.03. The SMILES string of the molecule is OCCNC1CCCN(Cc2ccco2)C1. The average Bonchev–Trinajstić information content (AvgIpc) is 2.80. The van der Waals surface area contributed by atoms with Gasteiger partial charge in [0.25, 0.3) is 0 Å². The summed E-state index contributed by atoms with van der Waals surface area (Å²) in [5.41, 5.74) is 0. The molecule has 0 bridgehead atoms. The highest BCUT2D eigenvalue weighted by Gasteiger charge is 2.19. The number of likely N-dealkylation sites (tertiary alicyclic amines) is 1. The number of aliphatic hydroxyl groups is 1. The van der Waals surface area contributed by atoms with E-state index in [1.54, 1.807) is 6.26 Å². The molecule has 2 heterocycles. The van der Waals surface area contributed by atoms with Crippen LogP contribution in [0.15, 0.2) is 22.8 Å². The Morgan fingerprint density at radius 2 is 2.50 bits per heavy atom. The fourth-order valence-electron chi connectivity index (χ4n) is 2.26. The van der Waals surface area contributed by atoms with E-state index in [4.69, 9.17) is 9.52 Å². The minimum absolute atomic E-state index is 0.217. The smallest absolute Gasteiger partial charge is 0.117 e. The van der Waals surface area contributed by atoms with Crippen LogP contribution in [0.5, 0.6) is 0 Å². The number of piperidine rings is 1. The maximum absolute atomic E-state index is 8.78. The lowest BCUT2D eigenvalue weighted by Crippen LogP contribution is -2.45. The van der Waals surface area contributed by atoms with E-state index in [-0.39, 0.29) is 6.61 Å². The summed E-state index contributed by atoms with van der Waals surface area (Å²) in [5, 5.41) is 12.1. The van der Waals surface area contributed by atoms with Crippen molar-refractivity contribution in [3.05, 3.63) is 24.2 Å². The van der Waals surface area contributed by atoms with Crippen molar-refractivity contribution in [2.45, 2.75) is 25.4 Å². The molecular formula is C12H20N2O2. The molecule has 1 unspecified atom stereocenters. The van der Waals surface area contributed by atoms with E-state index in [2.05, 4.69) is 10.2 Å². The Labute approximate surface area is 96.2 Å². The second-order valence-electron chi connectivity index (χ2n) is 4.33. The van der Waals surface area contributed by atoms with Crippen molar-refractivity contribution in [1.29, 1.82) is 0 Å². The number of nitrogens with one attached hydrogen (secondary N) is 1. The van der Waals surface area contributed by atoms with Crippen LogP contribution in [0.1, 0.15) is 18.6 Å². The van der Waals surface area contributed by atoms with Crippen molar-refractivity contribution < 1.29 is 9.52 Å². The molecule has 0 amide bonds. The van der Waals surface area contributed by atoms with E-state index in [9.17, 15) is 0 Å². The zero-order valence-corrected chi connectivity index (χ0v) is 9.56. The predicted molar refractivity (Wildman–Crippen MR) is 62.1 cm³/mol. The monoisotopic (exact) mass is 224 g/mol. The maximum Gasteiger partial charge on any atom is 0.117 e. The number of hydrogen-bond acceptors (Lipinski definition) is 4. The minimum atomic E-state index is 0.217. The highest BCUT2D eigenvalue weighted by Crippen LogP contribution is 2.13. The quantitative estimate of drug-likeness (QED) is 0.777. The average molecular weight is 224 g/mol. The molecule has 0 saturated carbocycles. The molecule has 1 atom stereocenters. The molecule has 0 aromatic carbocycles. The third-order valence-corrected chi connectivity index (χ3v) is 3.01. The molecule has 1 fully saturated rings. The third-order valence-electron chi connectivity index (χ3n) is 3.01. The van der Waals surface area contributed by atoms with Crippen molar-refractivity contribution >= 4 is 0 Å². The molecule has 2 rings (SSSR count). The number of aliphatic hydroxyl groups excluding tert-OH is 1. The molecule has 0 aliphatic carbocycles. The summed E-state index contributed by atoms with van der Waals surface area (Å²) in [6.07, 6.45) is 4.14. The van der Waals surface area contributed by atoms with Gasteiger partial charge in [-0.3, -0.25) is 4.90 Å². The number of nitrogens with zero attached hydrogens (tertiary/aromatic N) is 1. The molecule has 2 N–H and O–H groups in total. The Bertz CT molecular complexity index is 287. The Kier molecular flexibility index (Phi) is 4.39. The van der Waals surface area contributed by atoms with Crippen molar-refractivity contribution in [2.75, 3.05) is 26.2 Å². The van der Waals surface area contributed by atoms with Crippen LogP contribution in [0.25, 0.3) is 0 Å². The Hall–Kier alpha value is -0.840. The summed E-state index contributed by atoms with van der Waals surface area (Å²) in [7, 11) is 0. The van der Waals surface area contributed by atoms with E-state index in [0.29, 0.717) is 12.6 Å². The lowest BCUT2D eigenvalue weighted by Gasteiger charge is -2.32. The lowest BCUT2D eigenvalue weighted by atomic mass is 10.1. The van der Waals surface area contributed by atoms with E-state index in [1.165, 1.54) is 12.8 Å². The molecule has 4 nitrogen and oxygen atoms in total. The van der Waals surface area contributed by atoms with Crippen LogP contribution in [0, 0.1) is 0 Å². The summed E-state index contributed by atoms with van der Waals surface area (Å²) in [6.45, 7) is 3.98. The highest BCUT2D eigenvalue weighted by molar-refractivity contribution is 4.98. The van der Waals surface area contributed by atoms with Crippen molar-refractivity contribution in [3.63, 3.8) is 0 Å². The Morgan fingerprint density at radius 1 is 1.56 bits per heavy atom. The van der Waals surface area contributed by atoms with Gasteiger partial charge in [0.05, 0.1) is 19.4 Å². The first-order valence-corrected chi connectivity index (χ1v) is 5.97. The Balaban J connectivity index is 1.77. The third kappa shape index (κ3) is 3.33. The first-order chi connectivity index (χ1) is 7.88. The molecule has 1 aliphatic rings. The summed E-state index contributed by atoms with van der Waals surface area (Å²) < 4.78 is 5.35. The van der Waals surface area contributed by atoms with Crippen molar-refractivity contribution in [1.82, 2.24) is 10.2 Å².